The molecule has 0 fully saturated rings. The molecule has 1 rings (SSSR count). The van der Waals surface area contributed by atoms with Crippen LogP contribution in [-0.4, -0.2) is 23.3 Å². The minimum Gasteiger partial charge on any atom is -0.481 e. The number of anilines is 1. The first kappa shape index (κ1) is 12.8. The maximum atomic E-state index is 10.7. The zero-order valence-corrected chi connectivity index (χ0v) is 9.99. The molecule has 0 bridgehead atoms. The smallest absolute Gasteiger partial charge is 0.307 e. The van der Waals surface area contributed by atoms with Crippen molar-refractivity contribution in [2.24, 2.45) is 0 Å². The van der Waals surface area contributed by atoms with Crippen molar-refractivity contribution in [3.8, 4) is 0 Å². The molecule has 0 unspecified atom stereocenters. The lowest BCUT2D eigenvalue weighted by Gasteiger charge is -2.13. The van der Waals surface area contributed by atoms with Crippen LogP contribution in [0.5, 0.6) is 0 Å². The number of nitrogens with one attached hydrogen (secondary N) is 2. The molecule has 0 saturated carbocycles. The second kappa shape index (κ2) is 5.18. The van der Waals surface area contributed by atoms with Crippen molar-refractivity contribution in [3.05, 3.63) is 28.3 Å². The van der Waals surface area contributed by atoms with E-state index in [1.807, 2.05) is 0 Å². The van der Waals surface area contributed by atoms with Crippen molar-refractivity contribution < 1.29 is 9.90 Å². The van der Waals surface area contributed by atoms with E-state index in [1.54, 1.807) is 19.2 Å². The Morgan fingerprint density at radius 3 is 2.62 bits per heavy atom. The number of carboxylic acids is 1. The van der Waals surface area contributed by atoms with E-state index in [0.29, 0.717) is 21.8 Å². The van der Waals surface area contributed by atoms with Gasteiger partial charge in [-0.15, -0.1) is 0 Å². The maximum absolute atomic E-state index is 10.7. The first-order chi connectivity index (χ1) is 7.47. The SMILES string of the molecule is CNc1ccc(Cl)c(CC(=O)O)c1C(=N)Cl. The van der Waals surface area contributed by atoms with Gasteiger partial charge in [-0.05, 0) is 17.7 Å². The highest BCUT2D eigenvalue weighted by atomic mass is 35.5. The summed E-state index contributed by atoms with van der Waals surface area (Å²) in [6.07, 6.45) is -0.265. The average molecular weight is 261 g/mol. The van der Waals surface area contributed by atoms with Gasteiger partial charge in [0.05, 0.1) is 6.42 Å². The summed E-state index contributed by atoms with van der Waals surface area (Å²) < 4.78 is 0. The summed E-state index contributed by atoms with van der Waals surface area (Å²) >= 11 is 11.5. The van der Waals surface area contributed by atoms with Crippen LogP contribution in [-0.2, 0) is 11.2 Å². The van der Waals surface area contributed by atoms with Gasteiger partial charge in [0.1, 0.15) is 5.17 Å². The molecule has 1 aromatic carbocycles. The van der Waals surface area contributed by atoms with Gasteiger partial charge in [-0.25, -0.2) is 0 Å². The number of benzene rings is 1. The van der Waals surface area contributed by atoms with E-state index in [1.165, 1.54) is 0 Å². The van der Waals surface area contributed by atoms with Gasteiger partial charge in [-0.1, -0.05) is 23.2 Å². The van der Waals surface area contributed by atoms with Gasteiger partial charge in [-0.2, -0.15) is 0 Å². The lowest BCUT2D eigenvalue weighted by Crippen LogP contribution is -2.09. The van der Waals surface area contributed by atoms with Crippen LogP contribution in [0.1, 0.15) is 11.1 Å². The Hall–Kier alpha value is -1.26. The number of carboxylic acid groups (broad SMARTS) is 1. The molecule has 4 nitrogen and oxygen atoms in total. The van der Waals surface area contributed by atoms with Crippen LogP contribution in [0.2, 0.25) is 5.02 Å². The first-order valence-corrected chi connectivity index (χ1v) is 5.18. The van der Waals surface area contributed by atoms with E-state index >= 15 is 0 Å². The molecule has 0 atom stereocenters. The molecular formula is C10H10Cl2N2O2. The summed E-state index contributed by atoms with van der Waals surface area (Å²) in [5, 5.41) is 19.1. The quantitative estimate of drug-likeness (QED) is 0.729. The normalized spacial score (nSPS) is 9.94. The van der Waals surface area contributed by atoms with Gasteiger partial charge < -0.3 is 10.4 Å². The van der Waals surface area contributed by atoms with Crippen molar-refractivity contribution in [3.63, 3.8) is 0 Å². The zero-order chi connectivity index (χ0) is 12.3. The topological polar surface area (TPSA) is 73.2 Å². The molecule has 16 heavy (non-hydrogen) atoms. The molecule has 0 aliphatic carbocycles. The third-order valence-corrected chi connectivity index (χ3v) is 2.62. The lowest BCUT2D eigenvalue weighted by molar-refractivity contribution is -0.136. The zero-order valence-electron chi connectivity index (χ0n) is 8.47. The number of rotatable bonds is 4. The van der Waals surface area contributed by atoms with E-state index in [-0.39, 0.29) is 11.6 Å². The van der Waals surface area contributed by atoms with Gasteiger partial charge in [0, 0.05) is 23.3 Å². The molecule has 0 aliphatic heterocycles. The summed E-state index contributed by atoms with van der Waals surface area (Å²) in [7, 11) is 1.66. The summed E-state index contributed by atoms with van der Waals surface area (Å²) in [4.78, 5) is 10.7. The van der Waals surface area contributed by atoms with Crippen LogP contribution in [0, 0.1) is 5.41 Å². The van der Waals surface area contributed by atoms with Crippen LogP contribution in [0.15, 0.2) is 12.1 Å². The molecule has 0 radical (unpaired) electrons. The predicted octanol–water partition coefficient (Wildman–Crippen LogP) is 2.57. The minimum atomic E-state index is -1.02. The van der Waals surface area contributed by atoms with Crippen LogP contribution in [0.3, 0.4) is 0 Å². The molecule has 0 aliphatic rings. The third kappa shape index (κ3) is 2.65. The average Bonchev–Trinajstić information content (AvgIpc) is 2.19. The highest BCUT2D eigenvalue weighted by molar-refractivity contribution is 6.69. The van der Waals surface area contributed by atoms with Crippen molar-refractivity contribution in [2.45, 2.75) is 6.42 Å². The maximum Gasteiger partial charge on any atom is 0.307 e. The Bertz CT molecular complexity index is 447. The second-order valence-electron chi connectivity index (χ2n) is 3.08. The molecule has 3 N–H and O–H groups in total. The molecular weight excluding hydrogens is 251 g/mol. The second-order valence-corrected chi connectivity index (χ2v) is 3.87. The Morgan fingerprint density at radius 1 is 1.56 bits per heavy atom. The van der Waals surface area contributed by atoms with Crippen LogP contribution < -0.4 is 5.32 Å². The fraction of sp³-hybridized carbons (Fsp3) is 0.200. The van der Waals surface area contributed by atoms with E-state index < -0.39 is 5.97 Å². The molecule has 86 valence electrons. The number of hydrogen-bond acceptors (Lipinski definition) is 3. The van der Waals surface area contributed by atoms with Crippen LogP contribution in [0.4, 0.5) is 5.69 Å². The standard InChI is InChI=1S/C10H10Cl2N2O2/c1-14-7-3-2-6(11)5(4-8(15)16)9(7)10(12)13/h2-3,13-14H,4H2,1H3,(H,15,16). The largest absolute Gasteiger partial charge is 0.481 e. The molecule has 0 aromatic heterocycles. The molecule has 0 heterocycles. The predicted molar refractivity (Wildman–Crippen MR) is 65.0 cm³/mol. The number of aliphatic carboxylic acids is 1. The van der Waals surface area contributed by atoms with Crippen molar-refractivity contribution in [2.75, 3.05) is 12.4 Å². The molecule has 0 amide bonds. The van der Waals surface area contributed by atoms with Gasteiger partial charge in [0.2, 0.25) is 0 Å². The Kier molecular flexibility index (Phi) is 4.15. The third-order valence-electron chi connectivity index (χ3n) is 2.07. The number of halogens is 2. The number of hydrogen-bond donors (Lipinski definition) is 3. The molecule has 6 heteroatoms. The number of carbonyl (C=O) groups is 1. The van der Waals surface area contributed by atoms with Gasteiger partial charge in [0.25, 0.3) is 0 Å². The summed E-state index contributed by atoms with van der Waals surface area (Å²) in [6, 6.07) is 3.23. The summed E-state index contributed by atoms with van der Waals surface area (Å²) in [6.45, 7) is 0. The Labute approximate surface area is 103 Å². The molecule has 0 saturated heterocycles. The van der Waals surface area contributed by atoms with E-state index in [0.717, 1.165) is 0 Å². The lowest BCUT2D eigenvalue weighted by atomic mass is 10.0. The minimum absolute atomic E-state index is 0.233. The van der Waals surface area contributed by atoms with Gasteiger partial charge in [0.15, 0.2) is 0 Å². The summed E-state index contributed by atoms with van der Waals surface area (Å²) in [5.74, 6) is -1.02. The fourth-order valence-electron chi connectivity index (χ4n) is 1.41. The Balaban J connectivity index is 3.41. The van der Waals surface area contributed by atoms with Crippen molar-refractivity contribution in [1.29, 1.82) is 5.41 Å². The van der Waals surface area contributed by atoms with E-state index in [2.05, 4.69) is 5.32 Å². The first-order valence-electron chi connectivity index (χ1n) is 4.42. The van der Waals surface area contributed by atoms with Gasteiger partial charge >= 0.3 is 5.97 Å². The van der Waals surface area contributed by atoms with Gasteiger partial charge in [-0.3, -0.25) is 10.2 Å². The van der Waals surface area contributed by atoms with Crippen LogP contribution >= 0.6 is 23.2 Å². The van der Waals surface area contributed by atoms with E-state index in [4.69, 9.17) is 33.7 Å². The van der Waals surface area contributed by atoms with Crippen molar-refractivity contribution in [1.82, 2.24) is 0 Å². The highest BCUT2D eigenvalue weighted by Gasteiger charge is 2.17. The monoisotopic (exact) mass is 260 g/mol. The highest BCUT2D eigenvalue weighted by Crippen LogP contribution is 2.28. The Morgan fingerprint density at radius 2 is 2.19 bits per heavy atom. The van der Waals surface area contributed by atoms with Crippen LogP contribution in [0.25, 0.3) is 0 Å². The molecule has 1 aromatic rings. The fourth-order valence-corrected chi connectivity index (χ4v) is 1.85. The van der Waals surface area contributed by atoms with Crippen molar-refractivity contribution >= 4 is 40.0 Å². The summed E-state index contributed by atoms with van der Waals surface area (Å²) in [5.41, 5.74) is 1.26. The van der Waals surface area contributed by atoms with E-state index in [9.17, 15) is 4.79 Å². The molecule has 0 spiro atoms.